The molecule has 1 aromatic heterocycles. The van der Waals surface area contributed by atoms with E-state index in [4.69, 9.17) is 15.5 Å². The van der Waals surface area contributed by atoms with Crippen molar-refractivity contribution in [3.8, 4) is 5.75 Å². The van der Waals surface area contributed by atoms with Crippen LogP contribution in [0, 0.1) is 0 Å². The van der Waals surface area contributed by atoms with Crippen molar-refractivity contribution >= 4 is 16.6 Å². The quantitative estimate of drug-likeness (QED) is 0.914. The number of para-hydroxylation sites is 1. The second kappa shape index (κ2) is 5.08. The van der Waals surface area contributed by atoms with E-state index >= 15 is 0 Å². The monoisotopic (exact) mass is 256 g/mol. The standard InChI is InChI=1S/C16H20N2O/c1-2-10-19-14-9-5-7-12-15(17)11-6-3-4-8-13(11)18-16(12)14/h5,7,9H,2-4,6,8,10H2,1H3,(H2,17,18). The molecule has 100 valence electrons. The summed E-state index contributed by atoms with van der Waals surface area (Å²) in [4.78, 5) is 4.82. The first-order valence-corrected chi connectivity index (χ1v) is 7.14. The van der Waals surface area contributed by atoms with Gasteiger partial charge in [-0.05, 0) is 43.7 Å². The number of anilines is 1. The number of hydrogen-bond acceptors (Lipinski definition) is 3. The number of aromatic nitrogens is 1. The van der Waals surface area contributed by atoms with E-state index in [1.807, 2.05) is 18.2 Å². The molecule has 3 heteroatoms. The van der Waals surface area contributed by atoms with Crippen LogP contribution in [-0.4, -0.2) is 11.6 Å². The van der Waals surface area contributed by atoms with Crippen molar-refractivity contribution < 1.29 is 4.74 Å². The molecule has 19 heavy (non-hydrogen) atoms. The molecule has 0 saturated carbocycles. The maximum Gasteiger partial charge on any atom is 0.145 e. The number of nitrogens with zero attached hydrogens (tertiary/aromatic N) is 1. The molecule has 0 atom stereocenters. The topological polar surface area (TPSA) is 48.1 Å². The van der Waals surface area contributed by atoms with Crippen LogP contribution in [0.2, 0.25) is 0 Å². The Kier molecular flexibility index (Phi) is 3.28. The van der Waals surface area contributed by atoms with E-state index in [0.717, 1.165) is 48.2 Å². The van der Waals surface area contributed by atoms with Gasteiger partial charge in [-0.3, -0.25) is 0 Å². The predicted octanol–water partition coefficient (Wildman–Crippen LogP) is 3.48. The predicted molar refractivity (Wildman–Crippen MR) is 78.6 cm³/mol. The highest BCUT2D eigenvalue weighted by atomic mass is 16.5. The van der Waals surface area contributed by atoms with Crippen LogP contribution in [0.3, 0.4) is 0 Å². The maximum atomic E-state index is 6.34. The zero-order chi connectivity index (χ0) is 13.2. The van der Waals surface area contributed by atoms with Crippen molar-refractivity contribution in [3.63, 3.8) is 0 Å². The van der Waals surface area contributed by atoms with Crippen molar-refractivity contribution in [1.82, 2.24) is 4.98 Å². The lowest BCUT2D eigenvalue weighted by Gasteiger charge is -2.19. The van der Waals surface area contributed by atoms with E-state index in [1.165, 1.54) is 24.1 Å². The second-order valence-electron chi connectivity index (χ2n) is 5.16. The number of benzene rings is 1. The second-order valence-corrected chi connectivity index (χ2v) is 5.16. The normalized spacial score (nSPS) is 14.4. The van der Waals surface area contributed by atoms with Crippen molar-refractivity contribution in [2.24, 2.45) is 0 Å². The lowest BCUT2D eigenvalue weighted by atomic mass is 9.93. The van der Waals surface area contributed by atoms with Crippen molar-refractivity contribution in [1.29, 1.82) is 0 Å². The molecule has 0 amide bonds. The van der Waals surface area contributed by atoms with E-state index in [1.54, 1.807) is 0 Å². The maximum absolute atomic E-state index is 6.34. The summed E-state index contributed by atoms with van der Waals surface area (Å²) in [5.74, 6) is 0.861. The molecule has 0 unspecified atom stereocenters. The Morgan fingerprint density at radius 1 is 1.26 bits per heavy atom. The molecule has 2 N–H and O–H groups in total. The molecule has 0 radical (unpaired) electrons. The SMILES string of the molecule is CCCOc1cccc2c(N)c3c(nc12)CCCC3. The molecule has 1 heterocycles. The molecular formula is C16H20N2O. The van der Waals surface area contributed by atoms with Crippen molar-refractivity contribution in [3.05, 3.63) is 29.5 Å². The first kappa shape index (κ1) is 12.3. The minimum Gasteiger partial charge on any atom is -0.491 e. The van der Waals surface area contributed by atoms with Crippen LogP contribution in [0.25, 0.3) is 10.9 Å². The molecule has 3 nitrogen and oxygen atoms in total. The summed E-state index contributed by atoms with van der Waals surface area (Å²) in [5.41, 5.74) is 10.6. The molecule has 0 aliphatic heterocycles. The first-order chi connectivity index (χ1) is 9.31. The van der Waals surface area contributed by atoms with Gasteiger partial charge in [0.15, 0.2) is 0 Å². The minimum absolute atomic E-state index is 0.720. The van der Waals surface area contributed by atoms with Crippen LogP contribution >= 0.6 is 0 Å². The summed E-state index contributed by atoms with van der Waals surface area (Å²) in [7, 11) is 0. The highest BCUT2D eigenvalue weighted by Crippen LogP contribution is 2.34. The third-order valence-electron chi connectivity index (χ3n) is 3.76. The van der Waals surface area contributed by atoms with E-state index in [-0.39, 0.29) is 0 Å². The molecule has 0 bridgehead atoms. The largest absolute Gasteiger partial charge is 0.491 e. The van der Waals surface area contributed by atoms with Gasteiger partial charge in [-0.2, -0.15) is 0 Å². The summed E-state index contributed by atoms with van der Waals surface area (Å²) < 4.78 is 5.80. The van der Waals surface area contributed by atoms with Crippen LogP contribution in [0.15, 0.2) is 18.2 Å². The third kappa shape index (κ3) is 2.14. The van der Waals surface area contributed by atoms with E-state index < -0.39 is 0 Å². The van der Waals surface area contributed by atoms with E-state index in [9.17, 15) is 0 Å². The molecule has 0 spiro atoms. The Morgan fingerprint density at radius 3 is 2.95 bits per heavy atom. The Labute approximate surface area is 113 Å². The molecule has 3 rings (SSSR count). The van der Waals surface area contributed by atoms with Gasteiger partial charge in [-0.15, -0.1) is 0 Å². The lowest BCUT2D eigenvalue weighted by molar-refractivity contribution is 0.320. The number of nitrogen functional groups attached to an aromatic ring is 1. The average Bonchev–Trinajstić information content (AvgIpc) is 2.46. The Bertz CT molecular complexity index is 607. The summed E-state index contributed by atoms with van der Waals surface area (Å²) in [6.07, 6.45) is 5.53. The van der Waals surface area contributed by atoms with Crippen LogP contribution < -0.4 is 10.5 Å². The summed E-state index contributed by atoms with van der Waals surface area (Å²) in [6.45, 7) is 2.83. The van der Waals surface area contributed by atoms with Gasteiger partial charge in [-0.1, -0.05) is 19.1 Å². The minimum atomic E-state index is 0.720. The molecule has 1 aliphatic carbocycles. The summed E-state index contributed by atoms with van der Waals surface area (Å²) in [6, 6.07) is 6.03. The van der Waals surface area contributed by atoms with Crippen molar-refractivity contribution in [2.75, 3.05) is 12.3 Å². The smallest absolute Gasteiger partial charge is 0.145 e. The Balaban J connectivity index is 2.17. The fourth-order valence-corrected chi connectivity index (χ4v) is 2.78. The molecule has 1 aromatic carbocycles. The van der Waals surface area contributed by atoms with Crippen LogP contribution in [0.4, 0.5) is 5.69 Å². The Hall–Kier alpha value is -1.77. The van der Waals surface area contributed by atoms with E-state index in [0.29, 0.717) is 0 Å². The highest BCUT2D eigenvalue weighted by Gasteiger charge is 2.17. The number of nitrogens with two attached hydrogens (primary N) is 1. The van der Waals surface area contributed by atoms with Crippen molar-refractivity contribution in [2.45, 2.75) is 39.0 Å². The van der Waals surface area contributed by atoms with Gasteiger partial charge < -0.3 is 10.5 Å². The first-order valence-electron chi connectivity index (χ1n) is 7.14. The third-order valence-corrected chi connectivity index (χ3v) is 3.76. The number of rotatable bonds is 3. The molecule has 0 fully saturated rings. The number of ether oxygens (including phenoxy) is 1. The fraction of sp³-hybridized carbons (Fsp3) is 0.438. The zero-order valence-electron chi connectivity index (χ0n) is 11.4. The number of fused-ring (bicyclic) bond motifs is 2. The van der Waals surface area contributed by atoms with Gasteiger partial charge >= 0.3 is 0 Å². The average molecular weight is 256 g/mol. The van der Waals surface area contributed by atoms with Crippen LogP contribution in [0.5, 0.6) is 5.75 Å². The highest BCUT2D eigenvalue weighted by molar-refractivity contribution is 5.95. The number of hydrogen-bond donors (Lipinski definition) is 1. The lowest BCUT2D eigenvalue weighted by Crippen LogP contribution is -2.10. The van der Waals surface area contributed by atoms with Crippen LogP contribution in [0.1, 0.15) is 37.4 Å². The molecule has 1 aliphatic rings. The van der Waals surface area contributed by atoms with Gasteiger partial charge in [0.2, 0.25) is 0 Å². The van der Waals surface area contributed by atoms with Gasteiger partial charge in [0.05, 0.1) is 6.61 Å². The summed E-state index contributed by atoms with van der Waals surface area (Å²) >= 11 is 0. The molecule has 0 saturated heterocycles. The van der Waals surface area contributed by atoms with Gasteiger partial charge in [0, 0.05) is 16.8 Å². The fourth-order valence-electron chi connectivity index (χ4n) is 2.78. The number of pyridine rings is 1. The molecular weight excluding hydrogens is 236 g/mol. The van der Waals surface area contributed by atoms with Gasteiger partial charge in [-0.25, -0.2) is 4.98 Å². The van der Waals surface area contributed by atoms with Gasteiger partial charge in [0.25, 0.3) is 0 Å². The van der Waals surface area contributed by atoms with Crippen LogP contribution in [-0.2, 0) is 12.8 Å². The zero-order valence-corrected chi connectivity index (χ0v) is 11.4. The van der Waals surface area contributed by atoms with Gasteiger partial charge in [0.1, 0.15) is 11.3 Å². The molecule has 2 aromatic rings. The Morgan fingerprint density at radius 2 is 2.11 bits per heavy atom. The summed E-state index contributed by atoms with van der Waals surface area (Å²) in [5, 5.41) is 1.04. The van der Waals surface area contributed by atoms with E-state index in [2.05, 4.69) is 6.92 Å². The number of aryl methyl sites for hydroxylation is 1.